The number of hydrogen-bond acceptors (Lipinski definition) is 4. The first-order valence-corrected chi connectivity index (χ1v) is 14.2. The number of nitrogens with zero attached hydrogens (tertiary/aromatic N) is 3. The zero-order valence-electron chi connectivity index (χ0n) is 23.2. The molecule has 0 heterocycles. The van der Waals surface area contributed by atoms with Crippen molar-refractivity contribution < 1.29 is 18.0 Å². The molecule has 2 amide bonds. The molecule has 0 bridgehead atoms. The highest BCUT2D eigenvalue weighted by Crippen LogP contribution is 2.22. The number of anilines is 1. The third kappa shape index (κ3) is 8.40. The summed E-state index contributed by atoms with van der Waals surface area (Å²) in [5.41, 5.74) is 1.54. The van der Waals surface area contributed by atoms with Gasteiger partial charge in [0, 0.05) is 32.6 Å². The first-order valence-electron chi connectivity index (χ1n) is 12.8. The molecule has 0 fully saturated rings. The highest BCUT2D eigenvalue weighted by Gasteiger charge is 2.35. The molecule has 3 aromatic carbocycles. The fourth-order valence-electron chi connectivity index (χ4n) is 4.10. The third-order valence-corrected chi connectivity index (χ3v) is 7.85. The Morgan fingerprint density at radius 2 is 1.28 bits per heavy atom. The molecule has 0 spiro atoms. The second-order valence-electron chi connectivity index (χ2n) is 10.6. The molecule has 8 nitrogen and oxygen atoms in total. The van der Waals surface area contributed by atoms with Gasteiger partial charge in [0.15, 0.2) is 0 Å². The lowest BCUT2D eigenvalue weighted by molar-refractivity contribution is -0.140. The van der Waals surface area contributed by atoms with E-state index in [9.17, 15) is 18.0 Å². The lowest BCUT2D eigenvalue weighted by Gasteiger charge is -2.35. The lowest BCUT2D eigenvalue weighted by atomic mass is 10.0. The molecular weight excluding hydrogens is 512 g/mol. The third-order valence-electron chi connectivity index (χ3n) is 6.03. The van der Waals surface area contributed by atoms with Crippen LogP contribution in [0.3, 0.4) is 0 Å². The van der Waals surface area contributed by atoms with E-state index in [0.717, 1.165) is 19.7 Å². The molecule has 3 aromatic rings. The Morgan fingerprint density at radius 3 is 1.77 bits per heavy atom. The molecule has 39 heavy (non-hydrogen) atoms. The first-order chi connectivity index (χ1) is 18.4. The van der Waals surface area contributed by atoms with Crippen LogP contribution in [-0.4, -0.2) is 61.7 Å². The van der Waals surface area contributed by atoms with E-state index < -0.39 is 34.2 Å². The Balaban J connectivity index is 2.07. The van der Waals surface area contributed by atoms with Crippen LogP contribution in [0.2, 0.25) is 0 Å². The zero-order valence-corrected chi connectivity index (χ0v) is 24.1. The van der Waals surface area contributed by atoms with Crippen LogP contribution in [0.1, 0.15) is 31.9 Å². The van der Waals surface area contributed by atoms with E-state index in [1.807, 2.05) is 81.4 Å². The monoisotopic (exact) mass is 550 g/mol. The number of para-hydroxylation sites is 1. The fraction of sp³-hybridized carbons (Fsp3) is 0.333. The van der Waals surface area contributed by atoms with Gasteiger partial charge in [-0.1, -0.05) is 78.9 Å². The number of hydrogen-bond donors (Lipinski definition) is 1. The minimum Gasteiger partial charge on any atom is -0.350 e. The van der Waals surface area contributed by atoms with Crippen LogP contribution in [0.4, 0.5) is 5.69 Å². The van der Waals surface area contributed by atoms with Gasteiger partial charge < -0.3 is 10.2 Å². The Hall–Kier alpha value is -3.69. The van der Waals surface area contributed by atoms with Gasteiger partial charge >= 0.3 is 10.2 Å². The fourth-order valence-corrected chi connectivity index (χ4v) is 5.15. The van der Waals surface area contributed by atoms with Gasteiger partial charge in [0.2, 0.25) is 11.8 Å². The molecular formula is C30H38N4O4S. The molecule has 0 saturated carbocycles. The van der Waals surface area contributed by atoms with Crippen molar-refractivity contribution in [2.45, 2.75) is 45.3 Å². The van der Waals surface area contributed by atoms with Crippen LogP contribution >= 0.6 is 0 Å². The standard InChI is InChI=1S/C30H38N4O4S/c1-30(2,3)31-29(36)27(21-24-15-9-6-10-16-24)33(22-25-17-11-7-12-18-25)28(35)23-34(39(37,38)32(4)5)26-19-13-8-14-20-26/h6-20,27H,21-23H2,1-5H3,(H,31,36)/t27-/m0/s1. The van der Waals surface area contributed by atoms with Gasteiger partial charge in [0.25, 0.3) is 0 Å². The number of nitrogens with one attached hydrogen (secondary N) is 1. The van der Waals surface area contributed by atoms with Crippen LogP contribution in [0.15, 0.2) is 91.0 Å². The molecule has 0 aliphatic rings. The van der Waals surface area contributed by atoms with E-state index in [1.165, 1.54) is 19.0 Å². The molecule has 0 unspecified atom stereocenters. The van der Waals surface area contributed by atoms with E-state index in [-0.39, 0.29) is 18.9 Å². The van der Waals surface area contributed by atoms with Crippen molar-refractivity contribution in [3.05, 3.63) is 102 Å². The number of carbonyl (C=O) groups excluding carboxylic acids is 2. The van der Waals surface area contributed by atoms with Crippen LogP contribution in [-0.2, 0) is 32.8 Å². The van der Waals surface area contributed by atoms with Gasteiger partial charge in [-0.15, -0.1) is 0 Å². The molecule has 0 aromatic heterocycles. The maximum absolute atomic E-state index is 14.1. The summed E-state index contributed by atoms with van der Waals surface area (Å²) in [6.45, 7) is 5.32. The molecule has 0 aliphatic carbocycles. The number of amides is 2. The molecule has 9 heteroatoms. The Kier molecular flexibility index (Phi) is 9.88. The summed E-state index contributed by atoms with van der Waals surface area (Å²) in [5.74, 6) is -0.796. The molecule has 0 saturated heterocycles. The predicted molar refractivity (Wildman–Crippen MR) is 155 cm³/mol. The summed E-state index contributed by atoms with van der Waals surface area (Å²) in [7, 11) is -1.16. The average molecular weight is 551 g/mol. The smallest absolute Gasteiger partial charge is 0.304 e. The highest BCUT2D eigenvalue weighted by molar-refractivity contribution is 7.90. The molecule has 0 radical (unpaired) electrons. The molecule has 3 rings (SSSR count). The van der Waals surface area contributed by atoms with Crippen LogP contribution in [0.25, 0.3) is 0 Å². The van der Waals surface area contributed by atoms with Crippen LogP contribution < -0.4 is 9.62 Å². The Bertz CT molecular complexity index is 1330. The normalized spacial score (nSPS) is 12.6. The van der Waals surface area contributed by atoms with Crippen molar-refractivity contribution in [2.24, 2.45) is 0 Å². The summed E-state index contributed by atoms with van der Waals surface area (Å²) in [6, 6.07) is 26.5. The topological polar surface area (TPSA) is 90.0 Å². The summed E-state index contributed by atoms with van der Waals surface area (Å²) in [4.78, 5) is 29.3. The van der Waals surface area contributed by atoms with Gasteiger partial charge in [-0.25, -0.2) is 4.31 Å². The van der Waals surface area contributed by atoms with E-state index in [2.05, 4.69) is 5.32 Å². The molecule has 1 atom stereocenters. The van der Waals surface area contributed by atoms with Crippen molar-refractivity contribution in [1.82, 2.24) is 14.5 Å². The lowest BCUT2D eigenvalue weighted by Crippen LogP contribution is -2.56. The SMILES string of the molecule is CN(C)S(=O)(=O)N(CC(=O)N(Cc1ccccc1)[C@@H](Cc1ccccc1)C(=O)NC(C)(C)C)c1ccccc1. The highest BCUT2D eigenvalue weighted by atomic mass is 32.2. The predicted octanol–water partition coefficient (Wildman–Crippen LogP) is 3.85. The maximum Gasteiger partial charge on any atom is 0.304 e. The minimum atomic E-state index is -4.01. The summed E-state index contributed by atoms with van der Waals surface area (Å²) < 4.78 is 28.8. The number of rotatable bonds is 11. The zero-order chi connectivity index (χ0) is 28.6. The second-order valence-corrected chi connectivity index (χ2v) is 12.7. The molecule has 208 valence electrons. The molecule has 1 N–H and O–H groups in total. The van der Waals surface area contributed by atoms with E-state index in [4.69, 9.17) is 0 Å². The van der Waals surface area contributed by atoms with Gasteiger partial charge in [0.05, 0.1) is 5.69 Å². The largest absolute Gasteiger partial charge is 0.350 e. The molecule has 0 aliphatic heterocycles. The second kappa shape index (κ2) is 12.9. The summed E-state index contributed by atoms with van der Waals surface area (Å²) in [5, 5.41) is 3.02. The van der Waals surface area contributed by atoms with Crippen molar-refractivity contribution in [3.8, 4) is 0 Å². The maximum atomic E-state index is 14.1. The summed E-state index contributed by atoms with van der Waals surface area (Å²) in [6.07, 6.45) is 0.271. The van der Waals surface area contributed by atoms with Crippen molar-refractivity contribution in [2.75, 3.05) is 24.9 Å². The van der Waals surface area contributed by atoms with E-state index >= 15 is 0 Å². The number of benzene rings is 3. The first kappa shape index (κ1) is 29.9. The van der Waals surface area contributed by atoms with E-state index in [0.29, 0.717) is 5.69 Å². The van der Waals surface area contributed by atoms with Crippen molar-refractivity contribution in [1.29, 1.82) is 0 Å². The summed E-state index contributed by atoms with van der Waals surface area (Å²) >= 11 is 0. The minimum absolute atomic E-state index is 0.138. The van der Waals surface area contributed by atoms with Crippen LogP contribution in [0.5, 0.6) is 0 Å². The quantitative estimate of drug-likeness (QED) is 0.393. The van der Waals surface area contributed by atoms with Crippen LogP contribution in [0, 0.1) is 0 Å². The van der Waals surface area contributed by atoms with Gasteiger partial charge in [-0.3, -0.25) is 9.59 Å². The Labute approximate surface area is 232 Å². The van der Waals surface area contributed by atoms with Gasteiger partial charge in [0.1, 0.15) is 12.6 Å². The van der Waals surface area contributed by atoms with Gasteiger partial charge in [-0.2, -0.15) is 12.7 Å². The van der Waals surface area contributed by atoms with Crippen molar-refractivity contribution >= 4 is 27.7 Å². The number of carbonyl (C=O) groups is 2. The average Bonchev–Trinajstić information content (AvgIpc) is 2.89. The van der Waals surface area contributed by atoms with Gasteiger partial charge in [-0.05, 0) is 44.0 Å². The van der Waals surface area contributed by atoms with Crippen molar-refractivity contribution in [3.63, 3.8) is 0 Å². The Morgan fingerprint density at radius 1 is 0.795 bits per heavy atom. The van der Waals surface area contributed by atoms with E-state index in [1.54, 1.807) is 30.3 Å².